The highest BCUT2D eigenvalue weighted by Crippen LogP contribution is 2.14. The quantitative estimate of drug-likeness (QED) is 0.407. The Labute approximate surface area is 153 Å². The Morgan fingerprint density at radius 2 is 1.63 bits per heavy atom. The summed E-state index contributed by atoms with van der Waals surface area (Å²) < 4.78 is 0. The second-order valence-corrected chi connectivity index (χ2v) is 5.28. The van der Waals surface area contributed by atoms with Gasteiger partial charge < -0.3 is 20.5 Å². The summed E-state index contributed by atoms with van der Waals surface area (Å²) in [5.74, 6) is -2.92. The van der Waals surface area contributed by atoms with Crippen LogP contribution in [0.15, 0.2) is 60.3 Å². The van der Waals surface area contributed by atoms with E-state index in [1.54, 1.807) is 18.2 Å². The van der Waals surface area contributed by atoms with Crippen molar-refractivity contribution in [2.24, 2.45) is 0 Å². The molecule has 2 N–H and O–H groups in total. The van der Waals surface area contributed by atoms with Gasteiger partial charge in [0.25, 0.3) is 17.5 Å². The monoisotopic (exact) mass is 368 g/mol. The van der Waals surface area contributed by atoms with E-state index in [1.807, 2.05) is 0 Å². The van der Waals surface area contributed by atoms with E-state index >= 15 is 0 Å². The van der Waals surface area contributed by atoms with Gasteiger partial charge >= 0.3 is 0 Å². The molecule has 0 saturated carbocycles. The van der Waals surface area contributed by atoms with Crippen LogP contribution >= 0.6 is 0 Å². The molecule has 2 aromatic rings. The van der Waals surface area contributed by atoms with Crippen molar-refractivity contribution in [3.05, 3.63) is 81.5 Å². The molecule has 2 amide bonds. The largest absolute Gasteiger partial charge is 0.548 e. The molecule has 2 aromatic carbocycles. The number of hydrogen-bond donors (Lipinski definition) is 2. The first-order valence-electron chi connectivity index (χ1n) is 7.67. The van der Waals surface area contributed by atoms with Gasteiger partial charge in [-0.3, -0.25) is 19.7 Å². The van der Waals surface area contributed by atoms with Gasteiger partial charge in [-0.2, -0.15) is 0 Å². The van der Waals surface area contributed by atoms with E-state index in [2.05, 4.69) is 10.6 Å². The van der Waals surface area contributed by atoms with E-state index in [0.29, 0.717) is 11.1 Å². The summed E-state index contributed by atoms with van der Waals surface area (Å²) in [4.78, 5) is 45.1. The van der Waals surface area contributed by atoms with Crippen molar-refractivity contribution in [3.8, 4) is 0 Å². The average molecular weight is 368 g/mol. The number of nitrogens with one attached hydrogen (secondary N) is 2. The minimum absolute atomic E-state index is 0.136. The maximum absolute atomic E-state index is 12.3. The first-order valence-corrected chi connectivity index (χ1v) is 7.67. The van der Waals surface area contributed by atoms with E-state index in [9.17, 15) is 29.6 Å². The van der Waals surface area contributed by atoms with Crippen LogP contribution in [-0.2, 0) is 9.59 Å². The molecule has 27 heavy (non-hydrogen) atoms. The number of carboxylic acid groups (broad SMARTS) is 1. The summed E-state index contributed by atoms with van der Waals surface area (Å²) in [5.41, 5.74) is 0.328. The standard InChI is InChI=1S/C18H15N3O6/c22-16(23)11-19-18(25)15(20-17(24)13-4-2-1-3-5-13)10-12-6-8-14(9-7-12)21(26)27/h1-10H,11H2,(H,19,25)(H,20,24)(H,22,23)/p-1/b15-10-. The number of benzene rings is 2. The van der Waals surface area contributed by atoms with Crippen LogP contribution in [0.1, 0.15) is 15.9 Å². The molecule has 0 aliphatic rings. The van der Waals surface area contributed by atoms with Crippen LogP contribution in [0.25, 0.3) is 6.08 Å². The van der Waals surface area contributed by atoms with E-state index in [-0.39, 0.29) is 11.4 Å². The molecule has 0 aliphatic heterocycles. The van der Waals surface area contributed by atoms with Crippen LogP contribution in [0.2, 0.25) is 0 Å². The molecule has 0 aromatic heterocycles. The van der Waals surface area contributed by atoms with Gasteiger partial charge in [-0.15, -0.1) is 0 Å². The van der Waals surface area contributed by atoms with Crippen LogP contribution in [0.4, 0.5) is 5.69 Å². The number of non-ortho nitro benzene ring substituents is 1. The number of hydrogen-bond acceptors (Lipinski definition) is 6. The molecule has 9 nitrogen and oxygen atoms in total. The molecule has 0 spiro atoms. The molecular formula is C18H14N3O6-. The number of nitro groups is 1. The predicted molar refractivity (Wildman–Crippen MR) is 93.0 cm³/mol. The lowest BCUT2D eigenvalue weighted by Gasteiger charge is -2.11. The van der Waals surface area contributed by atoms with Crippen molar-refractivity contribution in [2.75, 3.05) is 6.54 Å². The molecule has 9 heteroatoms. The van der Waals surface area contributed by atoms with Crippen LogP contribution in [0.3, 0.4) is 0 Å². The van der Waals surface area contributed by atoms with Gasteiger partial charge in [0.1, 0.15) is 5.70 Å². The van der Waals surface area contributed by atoms with Crippen molar-refractivity contribution in [1.29, 1.82) is 0 Å². The maximum atomic E-state index is 12.3. The Bertz CT molecular complexity index is 891. The SMILES string of the molecule is O=C([O-])CNC(=O)/C(=C/c1ccc([N+](=O)[O-])cc1)NC(=O)c1ccccc1. The van der Waals surface area contributed by atoms with Gasteiger partial charge in [0.15, 0.2) is 0 Å². The lowest BCUT2D eigenvalue weighted by atomic mass is 10.1. The minimum atomic E-state index is -1.49. The number of carbonyl (C=O) groups is 3. The molecule has 138 valence electrons. The Hall–Kier alpha value is -4.01. The fraction of sp³-hybridized carbons (Fsp3) is 0.0556. The summed E-state index contributed by atoms with van der Waals surface area (Å²) in [5, 5.41) is 25.7. The summed E-state index contributed by atoms with van der Waals surface area (Å²) in [6.45, 7) is -0.738. The number of carboxylic acids is 1. The van der Waals surface area contributed by atoms with E-state index in [0.717, 1.165) is 0 Å². The average Bonchev–Trinajstić information content (AvgIpc) is 2.66. The fourth-order valence-corrected chi connectivity index (χ4v) is 2.05. The highest BCUT2D eigenvalue weighted by molar-refractivity contribution is 6.05. The molecule has 0 saturated heterocycles. The van der Waals surface area contributed by atoms with Crippen molar-refractivity contribution >= 4 is 29.5 Å². The highest BCUT2D eigenvalue weighted by Gasteiger charge is 2.14. The molecule has 0 aliphatic carbocycles. The van der Waals surface area contributed by atoms with Crippen molar-refractivity contribution in [1.82, 2.24) is 10.6 Å². The Kier molecular flexibility index (Phi) is 6.37. The zero-order valence-corrected chi connectivity index (χ0v) is 13.9. The number of aliphatic carboxylic acids is 1. The summed E-state index contributed by atoms with van der Waals surface area (Å²) in [6, 6.07) is 13.3. The third-order valence-corrected chi connectivity index (χ3v) is 3.34. The van der Waals surface area contributed by atoms with Crippen molar-refractivity contribution < 1.29 is 24.4 Å². The lowest BCUT2D eigenvalue weighted by molar-refractivity contribution is -0.384. The molecule has 0 fully saturated rings. The topological polar surface area (TPSA) is 141 Å². The van der Waals surface area contributed by atoms with Crippen LogP contribution < -0.4 is 15.7 Å². The van der Waals surface area contributed by atoms with Gasteiger partial charge in [-0.25, -0.2) is 0 Å². The fourth-order valence-electron chi connectivity index (χ4n) is 2.05. The van der Waals surface area contributed by atoms with Gasteiger partial charge in [-0.1, -0.05) is 18.2 Å². The van der Waals surface area contributed by atoms with Gasteiger partial charge in [0.2, 0.25) is 0 Å². The van der Waals surface area contributed by atoms with Crippen molar-refractivity contribution in [2.45, 2.75) is 0 Å². The summed E-state index contributed by atoms with van der Waals surface area (Å²) in [6.07, 6.45) is 1.27. The Balaban J connectivity index is 2.27. The Morgan fingerprint density at radius 3 is 2.19 bits per heavy atom. The van der Waals surface area contributed by atoms with Crippen molar-refractivity contribution in [3.63, 3.8) is 0 Å². The molecule has 0 bridgehead atoms. The number of amides is 2. The summed E-state index contributed by atoms with van der Waals surface area (Å²) >= 11 is 0. The smallest absolute Gasteiger partial charge is 0.269 e. The van der Waals surface area contributed by atoms with Crippen LogP contribution in [-0.4, -0.2) is 29.3 Å². The molecule has 0 heterocycles. The lowest BCUT2D eigenvalue weighted by Crippen LogP contribution is -2.41. The molecule has 2 rings (SSSR count). The number of nitrogens with zero attached hydrogens (tertiary/aromatic N) is 1. The zero-order valence-electron chi connectivity index (χ0n) is 13.9. The first kappa shape index (κ1) is 19.3. The molecule has 0 radical (unpaired) electrons. The van der Waals surface area contributed by atoms with E-state index < -0.39 is 29.3 Å². The molecular weight excluding hydrogens is 354 g/mol. The second-order valence-electron chi connectivity index (χ2n) is 5.28. The molecule has 0 atom stereocenters. The Morgan fingerprint density at radius 1 is 1.00 bits per heavy atom. The number of carbonyl (C=O) groups excluding carboxylic acids is 3. The zero-order chi connectivity index (χ0) is 19.8. The predicted octanol–water partition coefficient (Wildman–Crippen LogP) is 0.232. The number of rotatable bonds is 7. The normalized spacial score (nSPS) is 10.7. The van der Waals surface area contributed by atoms with E-state index in [1.165, 1.54) is 42.5 Å². The first-order chi connectivity index (χ1) is 12.9. The minimum Gasteiger partial charge on any atom is -0.548 e. The van der Waals surface area contributed by atoms with Gasteiger partial charge in [0, 0.05) is 17.7 Å². The van der Waals surface area contributed by atoms with Crippen LogP contribution in [0, 0.1) is 10.1 Å². The number of nitro benzene ring substituents is 1. The third kappa shape index (κ3) is 5.78. The second kappa shape index (κ2) is 8.90. The van der Waals surface area contributed by atoms with Gasteiger partial charge in [-0.05, 0) is 35.9 Å². The van der Waals surface area contributed by atoms with Gasteiger partial charge in [0.05, 0.1) is 17.4 Å². The third-order valence-electron chi connectivity index (χ3n) is 3.34. The van der Waals surface area contributed by atoms with Crippen LogP contribution in [0.5, 0.6) is 0 Å². The van der Waals surface area contributed by atoms with E-state index in [4.69, 9.17) is 0 Å². The maximum Gasteiger partial charge on any atom is 0.269 e. The molecule has 0 unspecified atom stereocenters. The highest BCUT2D eigenvalue weighted by atomic mass is 16.6. The summed E-state index contributed by atoms with van der Waals surface area (Å²) in [7, 11) is 0.